The number of nitrogens with one attached hydrogen (secondary N) is 1. The van der Waals surface area contributed by atoms with Gasteiger partial charge >= 0.3 is 0 Å². The molecule has 124 valence electrons. The highest BCUT2D eigenvalue weighted by Crippen LogP contribution is 2.19. The molecule has 0 bridgehead atoms. The van der Waals surface area contributed by atoms with Gasteiger partial charge in [-0.25, -0.2) is 0 Å². The van der Waals surface area contributed by atoms with Crippen molar-refractivity contribution in [3.63, 3.8) is 0 Å². The number of carbonyl (C=O) groups is 2. The van der Waals surface area contributed by atoms with Gasteiger partial charge in [-0.1, -0.05) is 34.1 Å². The monoisotopic (exact) mass is 386 g/mol. The predicted molar refractivity (Wildman–Crippen MR) is 97.4 cm³/mol. The van der Waals surface area contributed by atoms with Crippen LogP contribution in [-0.2, 0) is 0 Å². The number of ketones is 1. The van der Waals surface area contributed by atoms with Crippen molar-refractivity contribution in [2.75, 3.05) is 19.6 Å². The van der Waals surface area contributed by atoms with Crippen molar-refractivity contribution < 1.29 is 9.59 Å². The van der Waals surface area contributed by atoms with Crippen LogP contribution in [-0.4, -0.2) is 42.3 Å². The molecular weight excluding hydrogens is 368 g/mol. The summed E-state index contributed by atoms with van der Waals surface area (Å²) in [5.74, 6) is -0.209. The SMILES string of the molecule is CC1CN(C(=O)c2ccccc2C(=O)c2ccc(Br)cc2)CCN1. The number of hydrogen-bond acceptors (Lipinski definition) is 3. The predicted octanol–water partition coefficient (Wildman–Crippen LogP) is 3.11. The van der Waals surface area contributed by atoms with E-state index in [9.17, 15) is 9.59 Å². The van der Waals surface area contributed by atoms with Crippen molar-refractivity contribution in [3.05, 3.63) is 69.7 Å². The number of piperazine rings is 1. The molecule has 4 nitrogen and oxygen atoms in total. The van der Waals surface area contributed by atoms with Crippen LogP contribution in [0.25, 0.3) is 0 Å². The molecule has 2 aromatic rings. The molecule has 0 aromatic heterocycles. The van der Waals surface area contributed by atoms with Gasteiger partial charge in [0.05, 0.1) is 5.56 Å². The van der Waals surface area contributed by atoms with E-state index in [2.05, 4.69) is 28.2 Å². The molecule has 1 atom stereocenters. The molecule has 1 saturated heterocycles. The minimum absolute atomic E-state index is 0.0792. The highest BCUT2D eigenvalue weighted by atomic mass is 79.9. The number of rotatable bonds is 3. The number of halogens is 1. The summed E-state index contributed by atoms with van der Waals surface area (Å²) in [6, 6.07) is 14.5. The van der Waals surface area contributed by atoms with Crippen LogP contribution in [0.1, 0.15) is 33.2 Å². The van der Waals surface area contributed by atoms with Crippen molar-refractivity contribution in [1.82, 2.24) is 10.2 Å². The van der Waals surface area contributed by atoms with Crippen LogP contribution in [0.3, 0.4) is 0 Å². The molecule has 24 heavy (non-hydrogen) atoms. The number of carbonyl (C=O) groups excluding carboxylic acids is 2. The van der Waals surface area contributed by atoms with E-state index >= 15 is 0 Å². The lowest BCUT2D eigenvalue weighted by Crippen LogP contribution is -2.51. The van der Waals surface area contributed by atoms with Crippen molar-refractivity contribution in [2.45, 2.75) is 13.0 Å². The maximum absolute atomic E-state index is 12.9. The Balaban J connectivity index is 1.91. The largest absolute Gasteiger partial charge is 0.336 e. The highest BCUT2D eigenvalue weighted by molar-refractivity contribution is 9.10. The average molecular weight is 387 g/mol. The first-order valence-corrected chi connectivity index (χ1v) is 8.77. The van der Waals surface area contributed by atoms with Gasteiger partial charge in [-0.3, -0.25) is 9.59 Å². The van der Waals surface area contributed by atoms with Gasteiger partial charge in [-0.15, -0.1) is 0 Å². The van der Waals surface area contributed by atoms with E-state index in [0.29, 0.717) is 29.8 Å². The summed E-state index contributed by atoms with van der Waals surface area (Å²) in [4.78, 5) is 27.5. The molecule has 2 aromatic carbocycles. The molecule has 1 aliphatic heterocycles. The molecular formula is C19H19BrN2O2. The molecule has 1 amide bonds. The van der Waals surface area contributed by atoms with E-state index in [1.165, 1.54) is 0 Å². The second-order valence-electron chi connectivity index (χ2n) is 5.99. The van der Waals surface area contributed by atoms with Gasteiger partial charge in [0, 0.05) is 41.3 Å². The second-order valence-corrected chi connectivity index (χ2v) is 6.90. The van der Waals surface area contributed by atoms with E-state index < -0.39 is 0 Å². The third-order valence-electron chi connectivity index (χ3n) is 4.16. The van der Waals surface area contributed by atoms with Crippen LogP contribution in [0, 0.1) is 0 Å². The fourth-order valence-corrected chi connectivity index (χ4v) is 3.18. The molecule has 3 rings (SSSR count). The molecule has 0 spiro atoms. The third kappa shape index (κ3) is 3.57. The fourth-order valence-electron chi connectivity index (χ4n) is 2.91. The molecule has 1 heterocycles. The minimum Gasteiger partial charge on any atom is -0.336 e. The number of benzene rings is 2. The lowest BCUT2D eigenvalue weighted by molar-refractivity contribution is 0.0705. The summed E-state index contributed by atoms with van der Waals surface area (Å²) in [5.41, 5.74) is 1.50. The first-order chi connectivity index (χ1) is 11.6. The number of hydrogen-bond donors (Lipinski definition) is 1. The maximum atomic E-state index is 12.9. The molecule has 1 fully saturated rings. The second kappa shape index (κ2) is 7.28. The van der Waals surface area contributed by atoms with Gasteiger partial charge in [0.1, 0.15) is 0 Å². The van der Waals surface area contributed by atoms with E-state index in [4.69, 9.17) is 0 Å². The first kappa shape index (κ1) is 16.9. The molecule has 0 aliphatic carbocycles. The van der Waals surface area contributed by atoms with Gasteiger partial charge in [0.25, 0.3) is 5.91 Å². The minimum atomic E-state index is -0.130. The van der Waals surface area contributed by atoms with Gasteiger partial charge in [0.2, 0.25) is 0 Å². The van der Waals surface area contributed by atoms with Crippen LogP contribution in [0.15, 0.2) is 53.0 Å². The Morgan fingerprint density at radius 2 is 1.75 bits per heavy atom. The Kier molecular flexibility index (Phi) is 5.11. The Labute approximate surface area is 150 Å². The van der Waals surface area contributed by atoms with Crippen LogP contribution < -0.4 is 5.32 Å². The van der Waals surface area contributed by atoms with Crippen molar-refractivity contribution in [2.24, 2.45) is 0 Å². The fraction of sp³-hybridized carbons (Fsp3) is 0.263. The summed E-state index contributed by atoms with van der Waals surface area (Å²) >= 11 is 3.37. The quantitative estimate of drug-likeness (QED) is 0.824. The highest BCUT2D eigenvalue weighted by Gasteiger charge is 2.25. The summed E-state index contributed by atoms with van der Waals surface area (Å²) in [7, 11) is 0. The maximum Gasteiger partial charge on any atom is 0.254 e. The van der Waals surface area contributed by atoms with E-state index in [0.717, 1.165) is 11.0 Å². The lowest BCUT2D eigenvalue weighted by Gasteiger charge is -2.32. The smallest absolute Gasteiger partial charge is 0.254 e. The first-order valence-electron chi connectivity index (χ1n) is 7.98. The number of amides is 1. The number of nitrogens with zero attached hydrogens (tertiary/aromatic N) is 1. The topological polar surface area (TPSA) is 49.4 Å². The zero-order valence-electron chi connectivity index (χ0n) is 13.5. The van der Waals surface area contributed by atoms with Crippen molar-refractivity contribution in [3.8, 4) is 0 Å². The molecule has 0 radical (unpaired) electrons. The van der Waals surface area contributed by atoms with Gasteiger partial charge in [-0.2, -0.15) is 0 Å². The van der Waals surface area contributed by atoms with Gasteiger partial charge in [-0.05, 0) is 37.3 Å². The average Bonchev–Trinajstić information content (AvgIpc) is 2.61. The lowest BCUT2D eigenvalue weighted by atomic mass is 9.97. The van der Waals surface area contributed by atoms with Crippen molar-refractivity contribution in [1.29, 1.82) is 0 Å². The molecule has 1 unspecified atom stereocenters. The van der Waals surface area contributed by atoms with Crippen LogP contribution >= 0.6 is 15.9 Å². The summed E-state index contributed by atoms with van der Waals surface area (Å²) in [6.45, 7) is 4.14. The zero-order valence-corrected chi connectivity index (χ0v) is 15.0. The summed E-state index contributed by atoms with van der Waals surface area (Å²) < 4.78 is 0.915. The molecule has 0 saturated carbocycles. The Morgan fingerprint density at radius 3 is 2.42 bits per heavy atom. The van der Waals surface area contributed by atoms with E-state index in [1.54, 1.807) is 36.4 Å². The van der Waals surface area contributed by atoms with Crippen LogP contribution in [0.5, 0.6) is 0 Å². The molecule has 5 heteroatoms. The zero-order chi connectivity index (χ0) is 17.1. The van der Waals surface area contributed by atoms with Gasteiger partial charge < -0.3 is 10.2 Å². The van der Waals surface area contributed by atoms with Gasteiger partial charge in [0.15, 0.2) is 5.78 Å². The van der Waals surface area contributed by atoms with Crippen LogP contribution in [0.4, 0.5) is 0 Å². The Hall–Kier alpha value is -1.98. The van der Waals surface area contributed by atoms with E-state index in [-0.39, 0.29) is 17.7 Å². The van der Waals surface area contributed by atoms with E-state index in [1.807, 2.05) is 17.0 Å². The van der Waals surface area contributed by atoms with Crippen LogP contribution in [0.2, 0.25) is 0 Å². The normalized spacial score (nSPS) is 17.6. The third-order valence-corrected chi connectivity index (χ3v) is 4.69. The standard InChI is InChI=1S/C19H19BrN2O2/c1-13-12-22(11-10-21-13)19(24)17-5-3-2-4-16(17)18(23)14-6-8-15(20)9-7-14/h2-9,13,21H,10-12H2,1H3. The summed E-state index contributed by atoms with van der Waals surface area (Å²) in [5, 5.41) is 3.32. The molecule has 1 N–H and O–H groups in total. The van der Waals surface area contributed by atoms with Crippen molar-refractivity contribution >= 4 is 27.6 Å². The molecule has 1 aliphatic rings. The summed E-state index contributed by atoms with van der Waals surface area (Å²) in [6.07, 6.45) is 0. The Morgan fingerprint density at radius 1 is 1.08 bits per heavy atom. The Bertz CT molecular complexity index is 758.